The Morgan fingerprint density at radius 1 is 0.913 bits per heavy atom. The van der Waals surface area contributed by atoms with Gasteiger partial charge in [0.25, 0.3) is 0 Å². The third-order valence-corrected chi connectivity index (χ3v) is 6.88. The molecule has 116 valence electrons. The number of aliphatic imine (C=N–C) groups is 1. The van der Waals surface area contributed by atoms with Gasteiger partial charge in [-0.05, 0) is 30.4 Å². The molecule has 1 heterocycles. The van der Waals surface area contributed by atoms with Crippen molar-refractivity contribution in [3.63, 3.8) is 0 Å². The maximum atomic E-state index is 5.03. The highest BCUT2D eigenvalue weighted by molar-refractivity contribution is 8.16. The van der Waals surface area contributed by atoms with Crippen LogP contribution in [0.2, 0.25) is 0 Å². The van der Waals surface area contributed by atoms with Gasteiger partial charge in [-0.3, -0.25) is 0 Å². The zero-order valence-corrected chi connectivity index (χ0v) is 14.6. The highest BCUT2D eigenvalue weighted by Gasteiger charge is 2.44. The standard InChI is InChI=1S/C20H19NS2/c1-3-9-16(10-4-1)19-21-18(20(23-19)13-7-8-14-20)15-22-17-11-5-2-6-12-17/h1-6,9-12,15H,7-8,13-14H2/b18-15-. The fraction of sp³-hybridized carbons (Fsp3) is 0.250. The van der Waals surface area contributed by atoms with E-state index in [1.165, 1.54) is 46.9 Å². The van der Waals surface area contributed by atoms with Gasteiger partial charge in [0.15, 0.2) is 0 Å². The van der Waals surface area contributed by atoms with Gasteiger partial charge in [-0.1, -0.05) is 84.9 Å². The van der Waals surface area contributed by atoms with Crippen molar-refractivity contribution in [1.29, 1.82) is 0 Å². The predicted molar refractivity (Wildman–Crippen MR) is 102 cm³/mol. The van der Waals surface area contributed by atoms with Crippen LogP contribution in [0, 0.1) is 0 Å². The van der Waals surface area contributed by atoms with Crippen molar-refractivity contribution in [1.82, 2.24) is 0 Å². The predicted octanol–water partition coefficient (Wildman–Crippen LogP) is 6.13. The van der Waals surface area contributed by atoms with E-state index in [4.69, 9.17) is 4.99 Å². The van der Waals surface area contributed by atoms with E-state index in [1.807, 2.05) is 11.8 Å². The summed E-state index contributed by atoms with van der Waals surface area (Å²) in [5.41, 5.74) is 2.52. The summed E-state index contributed by atoms with van der Waals surface area (Å²) in [6.45, 7) is 0. The molecule has 4 rings (SSSR count). The molecule has 0 bridgehead atoms. The van der Waals surface area contributed by atoms with Crippen molar-refractivity contribution in [2.75, 3.05) is 0 Å². The average molecular weight is 338 g/mol. The lowest BCUT2D eigenvalue weighted by Gasteiger charge is -2.22. The fourth-order valence-electron chi connectivity index (χ4n) is 3.24. The second-order valence-corrected chi connectivity index (χ2v) is 8.34. The molecule has 1 saturated carbocycles. The molecule has 0 radical (unpaired) electrons. The van der Waals surface area contributed by atoms with Crippen LogP contribution in [0.3, 0.4) is 0 Å². The van der Waals surface area contributed by atoms with Gasteiger partial charge >= 0.3 is 0 Å². The average Bonchev–Trinajstić information content (AvgIpc) is 3.23. The molecule has 1 aliphatic carbocycles. The largest absolute Gasteiger partial charge is 0.244 e. The summed E-state index contributed by atoms with van der Waals surface area (Å²) >= 11 is 3.78. The monoisotopic (exact) mass is 337 g/mol. The van der Waals surface area contributed by atoms with Crippen molar-refractivity contribution in [3.05, 3.63) is 77.3 Å². The number of hydrogen-bond donors (Lipinski definition) is 0. The first kappa shape index (κ1) is 15.1. The molecule has 0 unspecified atom stereocenters. The fourth-order valence-corrected chi connectivity index (χ4v) is 5.62. The zero-order valence-electron chi connectivity index (χ0n) is 12.9. The minimum Gasteiger partial charge on any atom is -0.244 e. The van der Waals surface area contributed by atoms with Gasteiger partial charge in [0.1, 0.15) is 5.04 Å². The lowest BCUT2D eigenvalue weighted by atomic mass is 10.0. The minimum atomic E-state index is 0.215. The topological polar surface area (TPSA) is 12.4 Å². The van der Waals surface area contributed by atoms with E-state index < -0.39 is 0 Å². The van der Waals surface area contributed by atoms with Gasteiger partial charge < -0.3 is 0 Å². The maximum Gasteiger partial charge on any atom is 0.105 e. The molecule has 2 aliphatic rings. The molecule has 23 heavy (non-hydrogen) atoms. The van der Waals surface area contributed by atoms with Crippen LogP contribution in [-0.4, -0.2) is 9.79 Å². The van der Waals surface area contributed by atoms with Gasteiger partial charge in [-0.25, -0.2) is 4.99 Å². The Morgan fingerprint density at radius 3 is 2.26 bits per heavy atom. The molecule has 1 nitrogen and oxygen atoms in total. The molecule has 2 aromatic rings. The van der Waals surface area contributed by atoms with E-state index >= 15 is 0 Å². The second-order valence-electron chi connectivity index (χ2n) is 6.02. The smallest absolute Gasteiger partial charge is 0.105 e. The Morgan fingerprint density at radius 2 is 1.57 bits per heavy atom. The Balaban J connectivity index is 1.65. The summed E-state index contributed by atoms with van der Waals surface area (Å²) in [6, 6.07) is 21.2. The quantitative estimate of drug-likeness (QED) is 0.625. The third kappa shape index (κ3) is 3.13. The Hall–Kier alpha value is -1.45. The van der Waals surface area contributed by atoms with Gasteiger partial charge in [0.05, 0.1) is 10.4 Å². The highest BCUT2D eigenvalue weighted by atomic mass is 32.2. The minimum absolute atomic E-state index is 0.215. The Bertz CT molecular complexity index is 729. The van der Waals surface area contributed by atoms with E-state index in [1.54, 1.807) is 11.8 Å². The summed E-state index contributed by atoms with van der Waals surface area (Å²) in [5, 5.41) is 3.47. The molecule has 0 aromatic heterocycles. The van der Waals surface area contributed by atoms with E-state index in [2.05, 4.69) is 66.1 Å². The summed E-state index contributed by atoms with van der Waals surface area (Å²) < 4.78 is 0.215. The number of rotatable bonds is 3. The van der Waals surface area contributed by atoms with Gasteiger partial charge in [-0.2, -0.15) is 0 Å². The summed E-state index contributed by atoms with van der Waals surface area (Å²) in [6.07, 6.45) is 5.13. The third-order valence-electron chi connectivity index (χ3n) is 4.46. The van der Waals surface area contributed by atoms with Crippen LogP contribution in [0.1, 0.15) is 31.2 Å². The van der Waals surface area contributed by atoms with Crippen LogP contribution < -0.4 is 0 Å². The number of hydrogen-bond acceptors (Lipinski definition) is 3. The molecule has 1 fully saturated rings. The van der Waals surface area contributed by atoms with Crippen molar-refractivity contribution in [2.45, 2.75) is 35.3 Å². The molecule has 3 heteroatoms. The maximum absolute atomic E-state index is 5.03. The Kier molecular flexibility index (Phi) is 4.32. The normalized spacial score (nSPS) is 21.0. The van der Waals surface area contributed by atoms with Crippen LogP contribution >= 0.6 is 23.5 Å². The van der Waals surface area contributed by atoms with Crippen molar-refractivity contribution in [3.8, 4) is 0 Å². The number of benzene rings is 2. The van der Waals surface area contributed by atoms with Crippen molar-refractivity contribution in [2.24, 2.45) is 4.99 Å². The first-order chi connectivity index (χ1) is 11.4. The zero-order chi connectivity index (χ0) is 15.5. The van der Waals surface area contributed by atoms with Gasteiger partial charge in [0.2, 0.25) is 0 Å². The first-order valence-electron chi connectivity index (χ1n) is 8.11. The Labute approximate surface area is 146 Å². The highest BCUT2D eigenvalue weighted by Crippen LogP contribution is 2.53. The SMILES string of the molecule is C(/Sc1ccccc1)=C1/N=C(c2ccccc2)SC12CCCC2. The van der Waals surface area contributed by atoms with Crippen LogP contribution in [0.5, 0.6) is 0 Å². The molecular weight excluding hydrogens is 318 g/mol. The van der Waals surface area contributed by atoms with Crippen LogP contribution in [0.4, 0.5) is 0 Å². The second kappa shape index (κ2) is 6.58. The van der Waals surface area contributed by atoms with E-state index in [-0.39, 0.29) is 4.75 Å². The molecule has 0 atom stereocenters. The molecule has 1 spiro atoms. The summed E-state index contributed by atoms with van der Waals surface area (Å²) in [7, 11) is 0. The lowest BCUT2D eigenvalue weighted by Crippen LogP contribution is -2.19. The van der Waals surface area contributed by atoms with E-state index in [0.717, 1.165) is 0 Å². The molecule has 1 aliphatic heterocycles. The molecule has 0 amide bonds. The lowest BCUT2D eigenvalue weighted by molar-refractivity contribution is 0.706. The van der Waals surface area contributed by atoms with Gasteiger partial charge in [0, 0.05) is 10.5 Å². The summed E-state index contributed by atoms with van der Waals surface area (Å²) in [5.74, 6) is 0. The molecule has 0 saturated heterocycles. The van der Waals surface area contributed by atoms with Crippen molar-refractivity contribution >= 4 is 28.6 Å². The molecule has 0 N–H and O–H groups in total. The number of nitrogens with zero attached hydrogens (tertiary/aromatic N) is 1. The van der Waals surface area contributed by atoms with Crippen LogP contribution in [0.15, 0.2) is 81.7 Å². The first-order valence-corrected chi connectivity index (χ1v) is 9.81. The summed E-state index contributed by atoms with van der Waals surface area (Å²) in [4.78, 5) is 6.31. The van der Waals surface area contributed by atoms with Crippen LogP contribution in [-0.2, 0) is 0 Å². The van der Waals surface area contributed by atoms with E-state index in [0.29, 0.717) is 0 Å². The van der Waals surface area contributed by atoms with Gasteiger partial charge in [-0.15, -0.1) is 0 Å². The number of thioether (sulfide) groups is 2. The molecular formula is C20H19NS2. The molecule has 2 aromatic carbocycles. The van der Waals surface area contributed by atoms with E-state index in [9.17, 15) is 0 Å². The van der Waals surface area contributed by atoms with Crippen LogP contribution in [0.25, 0.3) is 0 Å². The van der Waals surface area contributed by atoms with Crippen molar-refractivity contribution < 1.29 is 0 Å².